The molecule has 22 heavy (non-hydrogen) atoms. The van der Waals surface area contributed by atoms with Gasteiger partial charge in [-0.25, -0.2) is 9.18 Å². The second-order valence-corrected chi connectivity index (χ2v) is 6.76. The molecule has 0 aromatic heterocycles. The number of carbonyl (C=O) groups excluding carboxylic acids is 1. The molecule has 2 saturated heterocycles. The first-order chi connectivity index (χ1) is 10.6. The molecule has 2 fully saturated rings. The summed E-state index contributed by atoms with van der Waals surface area (Å²) in [7, 11) is 0. The van der Waals surface area contributed by atoms with Crippen LogP contribution in [0.4, 0.5) is 20.6 Å². The summed E-state index contributed by atoms with van der Waals surface area (Å²) in [5.41, 5.74) is 1.21. The van der Waals surface area contributed by atoms with Gasteiger partial charge in [-0.2, -0.15) is 11.8 Å². The van der Waals surface area contributed by atoms with Crippen molar-refractivity contribution >= 4 is 29.2 Å². The molecule has 0 radical (unpaired) electrons. The highest BCUT2D eigenvalue weighted by Crippen LogP contribution is 2.35. The second kappa shape index (κ2) is 6.36. The van der Waals surface area contributed by atoms with Gasteiger partial charge in [-0.1, -0.05) is 0 Å². The Kier molecular flexibility index (Phi) is 4.47. The van der Waals surface area contributed by atoms with Crippen LogP contribution in [0.5, 0.6) is 0 Å². The van der Waals surface area contributed by atoms with Crippen LogP contribution in [0.15, 0.2) is 18.2 Å². The minimum absolute atomic E-state index is 0.267. The van der Waals surface area contributed by atoms with E-state index in [4.69, 9.17) is 4.74 Å². The first-order valence-electron chi connectivity index (χ1n) is 7.63. The number of benzene rings is 1. The first-order valence-corrected chi connectivity index (χ1v) is 9.02. The summed E-state index contributed by atoms with van der Waals surface area (Å²) in [5, 5.41) is 0. The molecule has 0 spiro atoms. The van der Waals surface area contributed by atoms with Crippen molar-refractivity contribution in [1.29, 1.82) is 0 Å². The molecular weight excluding hydrogens is 303 g/mol. The summed E-state index contributed by atoms with van der Waals surface area (Å²) in [6.07, 6.45) is 3.87. The largest absolute Gasteiger partial charge is 0.447 e. The molecule has 2 aliphatic rings. The van der Waals surface area contributed by atoms with Crippen molar-refractivity contribution in [2.75, 3.05) is 35.0 Å². The van der Waals surface area contributed by atoms with E-state index in [-0.39, 0.29) is 5.82 Å². The molecule has 2 heterocycles. The standard InChI is InChI=1S/C16H21FN2O2S/c1-11-3-4-13(10-22-2)19(11)15-6-5-12(9-14(15)17)18-7-8-21-16(18)20/h5-6,9,11,13H,3-4,7-8,10H2,1-2H3. The fourth-order valence-electron chi connectivity index (χ4n) is 3.36. The number of anilines is 2. The molecule has 0 saturated carbocycles. The molecule has 4 nitrogen and oxygen atoms in total. The number of halogens is 1. The lowest BCUT2D eigenvalue weighted by atomic mass is 10.2. The van der Waals surface area contributed by atoms with Gasteiger partial charge in [-0.3, -0.25) is 4.90 Å². The Labute approximate surface area is 134 Å². The van der Waals surface area contributed by atoms with Crippen LogP contribution in [-0.4, -0.2) is 43.3 Å². The maximum Gasteiger partial charge on any atom is 0.414 e. The van der Waals surface area contributed by atoms with E-state index in [0.29, 0.717) is 36.6 Å². The number of hydrogen-bond donors (Lipinski definition) is 0. The number of carbonyl (C=O) groups is 1. The third-order valence-corrected chi connectivity index (χ3v) is 5.15. The van der Waals surface area contributed by atoms with Gasteiger partial charge in [-0.15, -0.1) is 0 Å². The normalized spacial score (nSPS) is 25.0. The SMILES string of the molecule is CSCC1CCC(C)N1c1ccc(N2CCOC2=O)cc1F. The molecule has 120 valence electrons. The van der Waals surface area contributed by atoms with Crippen molar-refractivity contribution in [3.63, 3.8) is 0 Å². The molecule has 1 aromatic carbocycles. The quantitative estimate of drug-likeness (QED) is 0.848. The van der Waals surface area contributed by atoms with Gasteiger partial charge in [-0.05, 0) is 44.2 Å². The molecule has 0 bridgehead atoms. The van der Waals surface area contributed by atoms with Crippen LogP contribution >= 0.6 is 11.8 Å². The number of ether oxygens (including phenoxy) is 1. The number of hydrogen-bond acceptors (Lipinski definition) is 4. The van der Waals surface area contributed by atoms with Gasteiger partial charge in [0.1, 0.15) is 12.4 Å². The zero-order chi connectivity index (χ0) is 15.7. The fourth-order valence-corrected chi connectivity index (χ4v) is 4.07. The molecule has 1 aromatic rings. The van der Waals surface area contributed by atoms with Gasteiger partial charge in [0.25, 0.3) is 0 Å². The van der Waals surface area contributed by atoms with E-state index in [1.807, 2.05) is 6.07 Å². The zero-order valence-electron chi connectivity index (χ0n) is 12.9. The van der Waals surface area contributed by atoms with Crippen molar-refractivity contribution in [3.8, 4) is 0 Å². The van der Waals surface area contributed by atoms with Gasteiger partial charge in [0.05, 0.1) is 17.9 Å². The summed E-state index contributed by atoms with van der Waals surface area (Å²) in [6.45, 7) is 2.99. The highest BCUT2D eigenvalue weighted by molar-refractivity contribution is 7.98. The maximum absolute atomic E-state index is 14.6. The smallest absolute Gasteiger partial charge is 0.414 e. The Morgan fingerprint density at radius 3 is 2.86 bits per heavy atom. The monoisotopic (exact) mass is 324 g/mol. The first kappa shape index (κ1) is 15.5. The number of rotatable bonds is 4. The summed E-state index contributed by atoms with van der Waals surface area (Å²) < 4.78 is 19.5. The lowest BCUT2D eigenvalue weighted by molar-refractivity contribution is 0.181. The Bertz CT molecular complexity index is 567. The minimum Gasteiger partial charge on any atom is -0.447 e. The lowest BCUT2D eigenvalue weighted by Crippen LogP contribution is -2.36. The Hall–Kier alpha value is -1.43. The highest BCUT2D eigenvalue weighted by atomic mass is 32.2. The van der Waals surface area contributed by atoms with Crippen LogP contribution in [0.25, 0.3) is 0 Å². The average Bonchev–Trinajstić information content (AvgIpc) is 3.06. The third-order valence-electron chi connectivity index (χ3n) is 4.43. The lowest BCUT2D eigenvalue weighted by Gasteiger charge is -2.31. The third kappa shape index (κ3) is 2.76. The van der Waals surface area contributed by atoms with Crippen LogP contribution < -0.4 is 9.80 Å². The van der Waals surface area contributed by atoms with Crippen LogP contribution in [0.2, 0.25) is 0 Å². The number of amides is 1. The van der Waals surface area contributed by atoms with E-state index in [1.54, 1.807) is 17.8 Å². The molecular formula is C16H21FN2O2S. The van der Waals surface area contributed by atoms with E-state index in [0.717, 1.165) is 18.6 Å². The van der Waals surface area contributed by atoms with Crippen LogP contribution in [0.3, 0.4) is 0 Å². The molecule has 3 rings (SSSR count). The predicted octanol–water partition coefficient (Wildman–Crippen LogP) is 3.50. The predicted molar refractivity (Wildman–Crippen MR) is 88.4 cm³/mol. The molecule has 6 heteroatoms. The fraction of sp³-hybridized carbons (Fsp3) is 0.562. The topological polar surface area (TPSA) is 32.8 Å². The van der Waals surface area contributed by atoms with Crippen molar-refractivity contribution in [1.82, 2.24) is 0 Å². The maximum atomic E-state index is 14.6. The van der Waals surface area contributed by atoms with E-state index in [2.05, 4.69) is 18.1 Å². The van der Waals surface area contributed by atoms with Gasteiger partial charge >= 0.3 is 6.09 Å². The van der Waals surface area contributed by atoms with E-state index >= 15 is 0 Å². The summed E-state index contributed by atoms with van der Waals surface area (Å²) in [6, 6.07) is 5.78. The number of cyclic esters (lactones) is 1. The van der Waals surface area contributed by atoms with Gasteiger partial charge in [0.15, 0.2) is 0 Å². The van der Waals surface area contributed by atoms with Crippen LogP contribution in [0, 0.1) is 5.82 Å². The second-order valence-electron chi connectivity index (χ2n) is 5.84. The highest BCUT2D eigenvalue weighted by Gasteiger charge is 2.32. The Morgan fingerprint density at radius 1 is 1.41 bits per heavy atom. The van der Waals surface area contributed by atoms with E-state index < -0.39 is 6.09 Å². The summed E-state index contributed by atoms with van der Waals surface area (Å²) in [5.74, 6) is 0.737. The molecule has 2 unspecified atom stereocenters. The summed E-state index contributed by atoms with van der Waals surface area (Å²) >= 11 is 1.80. The van der Waals surface area contributed by atoms with Crippen LogP contribution in [0.1, 0.15) is 19.8 Å². The average molecular weight is 324 g/mol. The van der Waals surface area contributed by atoms with Gasteiger partial charge in [0, 0.05) is 17.8 Å². The Morgan fingerprint density at radius 2 is 2.23 bits per heavy atom. The van der Waals surface area contributed by atoms with Crippen molar-refractivity contribution in [3.05, 3.63) is 24.0 Å². The number of nitrogens with zero attached hydrogens (tertiary/aromatic N) is 2. The van der Waals surface area contributed by atoms with Crippen LogP contribution in [-0.2, 0) is 4.74 Å². The molecule has 0 N–H and O–H groups in total. The Balaban J connectivity index is 1.86. The van der Waals surface area contributed by atoms with Crippen molar-refractivity contribution < 1.29 is 13.9 Å². The molecule has 2 aliphatic heterocycles. The van der Waals surface area contributed by atoms with E-state index in [9.17, 15) is 9.18 Å². The minimum atomic E-state index is -0.401. The number of thioether (sulfide) groups is 1. The molecule has 1 amide bonds. The molecule has 0 aliphatic carbocycles. The summed E-state index contributed by atoms with van der Waals surface area (Å²) in [4.78, 5) is 15.2. The van der Waals surface area contributed by atoms with E-state index in [1.165, 1.54) is 11.0 Å². The molecule has 2 atom stereocenters. The van der Waals surface area contributed by atoms with Gasteiger partial charge in [0.2, 0.25) is 0 Å². The zero-order valence-corrected chi connectivity index (χ0v) is 13.7. The van der Waals surface area contributed by atoms with Crippen molar-refractivity contribution in [2.45, 2.75) is 31.8 Å². The van der Waals surface area contributed by atoms with Crippen molar-refractivity contribution in [2.24, 2.45) is 0 Å². The van der Waals surface area contributed by atoms with Gasteiger partial charge < -0.3 is 9.64 Å².